The van der Waals surface area contributed by atoms with E-state index in [0.717, 1.165) is 41.5 Å². The Labute approximate surface area is 165 Å². The number of nitrogens with two attached hydrogens (primary N) is 1. The second-order valence-corrected chi connectivity index (χ2v) is 7.19. The number of carbonyl (C=O) groups is 1. The molecule has 144 valence electrons. The van der Waals surface area contributed by atoms with E-state index >= 15 is 0 Å². The number of aromatic nitrogens is 1. The van der Waals surface area contributed by atoms with Gasteiger partial charge in [0.1, 0.15) is 0 Å². The van der Waals surface area contributed by atoms with Crippen LogP contribution < -0.4 is 5.73 Å². The fourth-order valence-electron chi connectivity index (χ4n) is 3.72. The number of amides is 1. The van der Waals surface area contributed by atoms with E-state index in [1.165, 1.54) is 0 Å². The highest BCUT2D eigenvalue weighted by Crippen LogP contribution is 2.27. The Morgan fingerprint density at radius 2 is 1.96 bits per heavy atom. The van der Waals surface area contributed by atoms with Crippen molar-refractivity contribution in [1.29, 1.82) is 0 Å². The summed E-state index contributed by atoms with van der Waals surface area (Å²) in [5.74, 6) is 0.0523. The van der Waals surface area contributed by atoms with Gasteiger partial charge in [-0.3, -0.25) is 9.78 Å². The predicted octanol–water partition coefficient (Wildman–Crippen LogP) is 4.13. The number of hydrogen-bond donors (Lipinski definition) is 1. The first-order chi connectivity index (χ1) is 13.7. The Hall–Kier alpha value is -2.92. The van der Waals surface area contributed by atoms with E-state index in [1.807, 2.05) is 54.3 Å². The van der Waals surface area contributed by atoms with Crippen LogP contribution in [0.25, 0.3) is 22.0 Å². The molecule has 5 heteroatoms. The first kappa shape index (κ1) is 18.4. The second kappa shape index (κ2) is 7.98. The number of pyridine rings is 1. The third-order valence-corrected chi connectivity index (χ3v) is 5.36. The standard InChI is InChI=1S/C23H25N3O2/c1-2-26(15-19-4-3-13-28-19)23(27)17-7-5-16(6-8-17)18-9-10-22-20(14-18)21(24)11-12-25-22/h5-12,14,19H,2-4,13,15H2,1H3,(H2,24,25). The third kappa shape index (κ3) is 3.71. The van der Waals surface area contributed by atoms with E-state index in [9.17, 15) is 4.79 Å². The summed E-state index contributed by atoms with van der Waals surface area (Å²) in [5.41, 5.74) is 10.5. The van der Waals surface area contributed by atoms with Gasteiger partial charge in [-0.2, -0.15) is 0 Å². The second-order valence-electron chi connectivity index (χ2n) is 7.19. The number of ether oxygens (including phenoxy) is 1. The fourth-order valence-corrected chi connectivity index (χ4v) is 3.72. The predicted molar refractivity (Wildman–Crippen MR) is 112 cm³/mol. The monoisotopic (exact) mass is 375 g/mol. The minimum absolute atomic E-state index is 0.0523. The molecule has 3 aromatic rings. The summed E-state index contributed by atoms with van der Waals surface area (Å²) in [7, 11) is 0. The highest BCUT2D eigenvalue weighted by molar-refractivity contribution is 5.96. The zero-order valence-corrected chi connectivity index (χ0v) is 16.1. The summed E-state index contributed by atoms with van der Waals surface area (Å²) in [5, 5.41) is 0.939. The summed E-state index contributed by atoms with van der Waals surface area (Å²) in [4.78, 5) is 19.1. The molecule has 1 aromatic heterocycles. The summed E-state index contributed by atoms with van der Waals surface area (Å²) >= 11 is 0. The van der Waals surface area contributed by atoms with Crippen LogP contribution in [0.1, 0.15) is 30.1 Å². The number of benzene rings is 2. The van der Waals surface area contributed by atoms with E-state index in [2.05, 4.69) is 4.98 Å². The zero-order chi connectivity index (χ0) is 19.5. The van der Waals surface area contributed by atoms with E-state index in [0.29, 0.717) is 24.3 Å². The number of nitrogen functional groups attached to an aromatic ring is 1. The molecular formula is C23H25N3O2. The Bertz CT molecular complexity index is 979. The van der Waals surface area contributed by atoms with Crippen molar-refractivity contribution in [3.8, 4) is 11.1 Å². The molecule has 0 bridgehead atoms. The molecule has 28 heavy (non-hydrogen) atoms. The number of anilines is 1. The average molecular weight is 375 g/mol. The van der Waals surface area contributed by atoms with Crippen molar-refractivity contribution in [2.24, 2.45) is 0 Å². The minimum atomic E-state index is 0.0523. The average Bonchev–Trinajstić information content (AvgIpc) is 3.25. The number of carbonyl (C=O) groups excluding carboxylic acids is 1. The zero-order valence-electron chi connectivity index (χ0n) is 16.1. The first-order valence-electron chi connectivity index (χ1n) is 9.81. The van der Waals surface area contributed by atoms with Crippen molar-refractivity contribution in [3.63, 3.8) is 0 Å². The molecule has 1 aliphatic rings. The van der Waals surface area contributed by atoms with Gasteiger partial charge < -0.3 is 15.4 Å². The molecule has 0 aliphatic carbocycles. The van der Waals surface area contributed by atoms with Crippen molar-refractivity contribution in [2.45, 2.75) is 25.9 Å². The van der Waals surface area contributed by atoms with Crippen LogP contribution in [0.5, 0.6) is 0 Å². The molecule has 1 amide bonds. The number of fused-ring (bicyclic) bond motifs is 1. The number of nitrogens with zero attached hydrogens (tertiary/aromatic N) is 2. The van der Waals surface area contributed by atoms with Crippen LogP contribution in [0.2, 0.25) is 0 Å². The molecule has 1 saturated heterocycles. The van der Waals surface area contributed by atoms with Crippen molar-refractivity contribution in [2.75, 3.05) is 25.4 Å². The summed E-state index contributed by atoms with van der Waals surface area (Å²) in [6.07, 6.45) is 3.99. The van der Waals surface area contributed by atoms with Gasteiger partial charge in [0, 0.05) is 42.5 Å². The van der Waals surface area contributed by atoms with Gasteiger partial charge in [-0.1, -0.05) is 18.2 Å². The van der Waals surface area contributed by atoms with Crippen LogP contribution in [0.15, 0.2) is 54.7 Å². The van der Waals surface area contributed by atoms with Gasteiger partial charge >= 0.3 is 0 Å². The molecule has 1 atom stereocenters. The lowest BCUT2D eigenvalue weighted by Gasteiger charge is -2.24. The molecule has 1 fully saturated rings. The Balaban J connectivity index is 1.54. The van der Waals surface area contributed by atoms with Gasteiger partial charge in [-0.25, -0.2) is 0 Å². The molecule has 2 heterocycles. The van der Waals surface area contributed by atoms with Crippen molar-refractivity contribution in [3.05, 3.63) is 60.3 Å². The lowest BCUT2D eigenvalue weighted by molar-refractivity contribution is 0.0539. The van der Waals surface area contributed by atoms with Crippen LogP contribution in [0.4, 0.5) is 5.69 Å². The molecule has 4 rings (SSSR count). The van der Waals surface area contributed by atoms with E-state index in [1.54, 1.807) is 12.3 Å². The van der Waals surface area contributed by atoms with Crippen LogP contribution in [-0.2, 0) is 4.74 Å². The Kier molecular flexibility index (Phi) is 5.26. The maximum absolute atomic E-state index is 12.9. The molecule has 0 radical (unpaired) electrons. The summed E-state index contributed by atoms with van der Waals surface area (Å²) in [6.45, 7) is 4.15. The van der Waals surface area contributed by atoms with Crippen molar-refractivity contribution in [1.82, 2.24) is 9.88 Å². The van der Waals surface area contributed by atoms with Crippen LogP contribution in [-0.4, -0.2) is 41.6 Å². The largest absolute Gasteiger partial charge is 0.398 e. The smallest absolute Gasteiger partial charge is 0.253 e. The SMILES string of the molecule is CCN(CC1CCCO1)C(=O)c1ccc(-c2ccc3nccc(N)c3c2)cc1. The molecule has 1 unspecified atom stereocenters. The maximum Gasteiger partial charge on any atom is 0.253 e. The van der Waals surface area contributed by atoms with Gasteiger partial charge in [-0.05, 0) is 61.2 Å². The topological polar surface area (TPSA) is 68.5 Å². The maximum atomic E-state index is 12.9. The Morgan fingerprint density at radius 3 is 2.68 bits per heavy atom. The Morgan fingerprint density at radius 1 is 1.18 bits per heavy atom. The lowest BCUT2D eigenvalue weighted by Crippen LogP contribution is -2.37. The van der Waals surface area contributed by atoms with Crippen LogP contribution in [0.3, 0.4) is 0 Å². The van der Waals surface area contributed by atoms with Gasteiger partial charge in [0.2, 0.25) is 0 Å². The molecule has 2 aromatic carbocycles. The van der Waals surface area contributed by atoms with Gasteiger partial charge in [-0.15, -0.1) is 0 Å². The van der Waals surface area contributed by atoms with Crippen LogP contribution >= 0.6 is 0 Å². The molecule has 0 saturated carbocycles. The number of rotatable bonds is 5. The summed E-state index contributed by atoms with van der Waals surface area (Å²) < 4.78 is 5.68. The van der Waals surface area contributed by atoms with Crippen molar-refractivity contribution < 1.29 is 9.53 Å². The van der Waals surface area contributed by atoms with E-state index in [-0.39, 0.29) is 12.0 Å². The molecule has 2 N–H and O–H groups in total. The van der Waals surface area contributed by atoms with E-state index in [4.69, 9.17) is 10.5 Å². The first-order valence-corrected chi connectivity index (χ1v) is 9.81. The fraction of sp³-hybridized carbons (Fsp3) is 0.304. The summed E-state index contributed by atoms with van der Waals surface area (Å²) in [6, 6.07) is 15.6. The van der Waals surface area contributed by atoms with Crippen LogP contribution in [0, 0.1) is 0 Å². The van der Waals surface area contributed by atoms with Gasteiger partial charge in [0.25, 0.3) is 5.91 Å². The molecule has 1 aliphatic heterocycles. The number of hydrogen-bond acceptors (Lipinski definition) is 4. The van der Waals surface area contributed by atoms with Gasteiger partial charge in [0.05, 0.1) is 11.6 Å². The molecule has 0 spiro atoms. The molecule has 5 nitrogen and oxygen atoms in total. The van der Waals surface area contributed by atoms with Gasteiger partial charge in [0.15, 0.2) is 0 Å². The third-order valence-electron chi connectivity index (χ3n) is 5.36. The quantitative estimate of drug-likeness (QED) is 0.728. The van der Waals surface area contributed by atoms with E-state index < -0.39 is 0 Å². The highest BCUT2D eigenvalue weighted by atomic mass is 16.5. The normalized spacial score (nSPS) is 16.4. The minimum Gasteiger partial charge on any atom is -0.398 e. The highest BCUT2D eigenvalue weighted by Gasteiger charge is 2.22. The van der Waals surface area contributed by atoms with Crippen molar-refractivity contribution >= 4 is 22.5 Å². The number of likely N-dealkylation sites (N-methyl/N-ethyl adjacent to an activating group) is 1. The molecular weight excluding hydrogens is 350 g/mol. The lowest BCUT2D eigenvalue weighted by atomic mass is 10.0.